The van der Waals surface area contributed by atoms with Gasteiger partial charge in [-0.15, -0.1) is 0 Å². The van der Waals surface area contributed by atoms with Crippen molar-refractivity contribution in [2.45, 2.75) is 13.0 Å². The van der Waals surface area contributed by atoms with E-state index in [1.165, 1.54) is 6.92 Å². The van der Waals surface area contributed by atoms with Crippen molar-refractivity contribution in [3.63, 3.8) is 0 Å². The molecule has 1 radical (unpaired) electrons. The van der Waals surface area contributed by atoms with Crippen LogP contribution in [0.2, 0.25) is 0 Å². The summed E-state index contributed by atoms with van der Waals surface area (Å²) in [6.45, 7) is 1.31. The Kier molecular flexibility index (Phi) is 2.37. The van der Waals surface area contributed by atoms with Crippen LogP contribution < -0.4 is 0 Å². The number of ether oxygens (including phenoxy) is 1. The summed E-state index contributed by atoms with van der Waals surface area (Å²) in [5, 5.41) is 8.31. The van der Waals surface area contributed by atoms with Crippen LogP contribution in [-0.2, 0) is 9.53 Å². The van der Waals surface area contributed by atoms with Crippen LogP contribution in [0.15, 0.2) is 0 Å². The third kappa shape index (κ3) is 2.17. The highest BCUT2D eigenvalue weighted by Crippen LogP contribution is 1.81. The summed E-state index contributed by atoms with van der Waals surface area (Å²) >= 11 is 0. The third-order valence-electron chi connectivity index (χ3n) is 0.483. The second-order valence-corrected chi connectivity index (χ2v) is 1.14. The van der Waals surface area contributed by atoms with Gasteiger partial charge in [0.1, 0.15) is 13.2 Å². The summed E-state index contributed by atoms with van der Waals surface area (Å²) in [7, 11) is 2.80. The predicted octanol–water partition coefficient (Wildman–Crippen LogP) is -0.298. The van der Waals surface area contributed by atoms with Gasteiger partial charge in [0, 0.05) is 0 Å². The minimum atomic E-state index is -1.06. The molecule has 0 aliphatic rings. The van der Waals surface area contributed by atoms with Gasteiger partial charge in [-0.25, -0.2) is 4.79 Å². The molecule has 7 heavy (non-hydrogen) atoms. The molecule has 0 bridgehead atoms. The molecule has 0 aromatic carbocycles. The largest absolute Gasteiger partial charge is 0.460 e. The molecule has 0 aromatic rings. The minimum Gasteiger partial charge on any atom is -0.460 e. The van der Waals surface area contributed by atoms with Crippen molar-refractivity contribution in [2.24, 2.45) is 0 Å². The number of aliphatic hydroxyl groups is 1. The van der Waals surface area contributed by atoms with E-state index in [0.717, 1.165) is 0 Å². The molecular weight excluding hydrogens is 96.0 g/mol. The van der Waals surface area contributed by atoms with Gasteiger partial charge in [0.25, 0.3) is 0 Å². The Morgan fingerprint density at radius 1 is 2.00 bits per heavy atom. The highest BCUT2D eigenvalue weighted by Gasteiger charge is 2.05. The fourth-order valence-electron chi connectivity index (χ4n) is 0.121. The summed E-state index contributed by atoms with van der Waals surface area (Å²) in [5.74, 6) is -0.708. The molecule has 0 unspecified atom stereocenters. The molecule has 0 fully saturated rings. The average molecular weight is 103 g/mol. The Hall–Kier alpha value is -0.570. The Labute approximate surface area is 41.9 Å². The molecule has 1 atom stereocenters. The second-order valence-electron chi connectivity index (χ2n) is 1.14. The maximum Gasteiger partial charge on any atom is 0.334 e. The van der Waals surface area contributed by atoms with Gasteiger partial charge in [0.2, 0.25) is 0 Å². The molecule has 0 saturated carbocycles. The standard InChI is InChI=1S/C4H7O3/c1-3(5)4(6)7-2/h3,5H,2H2,1H3/t3-/m1/s1. The first-order chi connectivity index (χ1) is 3.18. The van der Waals surface area contributed by atoms with Crippen molar-refractivity contribution >= 4 is 5.97 Å². The zero-order valence-electron chi connectivity index (χ0n) is 4.05. The van der Waals surface area contributed by atoms with Gasteiger partial charge in [0.05, 0.1) is 0 Å². The number of hydrogen-bond donors (Lipinski definition) is 1. The summed E-state index contributed by atoms with van der Waals surface area (Å²) in [5.41, 5.74) is 0. The van der Waals surface area contributed by atoms with Gasteiger partial charge in [-0.05, 0) is 6.92 Å². The SMILES string of the molecule is [CH2]OC(=O)[C@@H](C)O. The number of hydrogen-bond acceptors (Lipinski definition) is 3. The lowest BCUT2D eigenvalue weighted by atomic mass is 10.4. The van der Waals surface area contributed by atoms with E-state index < -0.39 is 12.1 Å². The van der Waals surface area contributed by atoms with Crippen LogP contribution in [0.4, 0.5) is 0 Å². The number of carbonyl (C=O) groups is 1. The average Bonchev–Trinajstić information content (AvgIpc) is 1.65. The maximum atomic E-state index is 9.98. The van der Waals surface area contributed by atoms with Gasteiger partial charge < -0.3 is 9.84 Å². The molecule has 0 amide bonds. The highest BCUT2D eigenvalue weighted by molar-refractivity contribution is 5.73. The topological polar surface area (TPSA) is 46.5 Å². The van der Waals surface area contributed by atoms with Crippen LogP contribution in [0.1, 0.15) is 6.92 Å². The lowest BCUT2D eigenvalue weighted by molar-refractivity contribution is -0.147. The molecule has 1 N–H and O–H groups in total. The van der Waals surface area contributed by atoms with Crippen molar-refractivity contribution in [3.05, 3.63) is 7.11 Å². The van der Waals surface area contributed by atoms with Crippen LogP contribution in [0.25, 0.3) is 0 Å². The number of rotatable bonds is 1. The number of carbonyl (C=O) groups excluding carboxylic acids is 1. The molecule has 3 heteroatoms. The van der Waals surface area contributed by atoms with E-state index in [9.17, 15) is 4.79 Å². The van der Waals surface area contributed by atoms with Gasteiger partial charge in [-0.1, -0.05) is 0 Å². The molecule has 41 valence electrons. The zero-order chi connectivity index (χ0) is 5.86. The molecule has 0 aliphatic heterocycles. The first kappa shape index (κ1) is 6.43. The number of aliphatic hydroxyl groups excluding tert-OH is 1. The van der Waals surface area contributed by atoms with E-state index in [0.29, 0.717) is 0 Å². The molecule has 0 aliphatic carbocycles. The summed E-state index contributed by atoms with van der Waals surface area (Å²) in [4.78, 5) is 9.98. The third-order valence-corrected chi connectivity index (χ3v) is 0.483. The van der Waals surface area contributed by atoms with Crippen LogP contribution in [0.3, 0.4) is 0 Å². The molecule has 0 heterocycles. The van der Waals surface area contributed by atoms with Gasteiger partial charge in [-0.2, -0.15) is 0 Å². The zero-order valence-corrected chi connectivity index (χ0v) is 4.05. The van der Waals surface area contributed by atoms with Gasteiger partial charge >= 0.3 is 5.97 Å². The fraction of sp³-hybridized carbons (Fsp3) is 0.500. The Balaban J connectivity index is 3.35. The van der Waals surface area contributed by atoms with Crippen LogP contribution in [0.5, 0.6) is 0 Å². The summed E-state index contributed by atoms with van der Waals surface area (Å²) in [6.07, 6.45) is -1.06. The van der Waals surface area contributed by atoms with Gasteiger partial charge in [0.15, 0.2) is 0 Å². The smallest absolute Gasteiger partial charge is 0.334 e. The molecular formula is C4H7O3. The molecule has 0 saturated heterocycles. The Bertz CT molecular complexity index is 67.3. The van der Waals surface area contributed by atoms with Crippen molar-refractivity contribution in [1.82, 2.24) is 0 Å². The first-order valence-corrected chi connectivity index (χ1v) is 1.82. The number of esters is 1. The van der Waals surface area contributed by atoms with E-state index in [4.69, 9.17) is 5.11 Å². The molecule has 3 nitrogen and oxygen atoms in total. The summed E-state index contributed by atoms with van der Waals surface area (Å²) in [6, 6.07) is 0. The predicted molar refractivity (Wildman–Crippen MR) is 23.1 cm³/mol. The lowest BCUT2D eigenvalue weighted by Gasteiger charge is -1.96. The van der Waals surface area contributed by atoms with Crippen molar-refractivity contribution < 1.29 is 14.6 Å². The van der Waals surface area contributed by atoms with E-state index in [2.05, 4.69) is 11.8 Å². The first-order valence-electron chi connectivity index (χ1n) is 1.82. The fourth-order valence-corrected chi connectivity index (χ4v) is 0.121. The van der Waals surface area contributed by atoms with Crippen LogP contribution in [0, 0.1) is 7.11 Å². The molecule has 0 spiro atoms. The van der Waals surface area contributed by atoms with E-state index in [1.54, 1.807) is 0 Å². The summed E-state index contributed by atoms with van der Waals surface area (Å²) < 4.78 is 3.87. The van der Waals surface area contributed by atoms with Crippen molar-refractivity contribution in [1.29, 1.82) is 0 Å². The quantitative estimate of drug-likeness (QED) is 0.463. The normalized spacial score (nSPS) is 13.0. The maximum absolute atomic E-state index is 9.98. The van der Waals surface area contributed by atoms with Crippen LogP contribution >= 0.6 is 0 Å². The van der Waals surface area contributed by atoms with Crippen molar-refractivity contribution in [2.75, 3.05) is 0 Å². The van der Waals surface area contributed by atoms with Gasteiger partial charge in [-0.3, -0.25) is 0 Å². The Morgan fingerprint density at radius 3 is 2.43 bits per heavy atom. The monoisotopic (exact) mass is 103 g/mol. The van der Waals surface area contributed by atoms with E-state index in [1.807, 2.05) is 0 Å². The lowest BCUT2D eigenvalue weighted by Crippen LogP contribution is -2.16. The molecule has 0 aromatic heterocycles. The van der Waals surface area contributed by atoms with E-state index >= 15 is 0 Å². The van der Waals surface area contributed by atoms with Crippen molar-refractivity contribution in [3.8, 4) is 0 Å². The molecule has 0 rings (SSSR count). The van der Waals surface area contributed by atoms with E-state index in [-0.39, 0.29) is 0 Å². The highest BCUT2D eigenvalue weighted by atomic mass is 16.5. The minimum absolute atomic E-state index is 0.708. The van der Waals surface area contributed by atoms with Crippen LogP contribution in [-0.4, -0.2) is 17.2 Å². The Morgan fingerprint density at radius 2 is 2.43 bits per heavy atom. The second kappa shape index (κ2) is 2.58.